The van der Waals surface area contributed by atoms with Crippen molar-refractivity contribution >= 4 is 10.3 Å². The zero-order valence-electron chi connectivity index (χ0n) is 9.43. The second kappa shape index (κ2) is 6.14. The maximum Gasteiger partial charge on any atom is 0.513 e. The molecule has 8 heteroatoms. The summed E-state index contributed by atoms with van der Waals surface area (Å²) in [6.45, 7) is -0.264. The maximum absolute atomic E-state index is 11.8. The van der Waals surface area contributed by atoms with Gasteiger partial charge in [0, 0.05) is 18.6 Å². The van der Waals surface area contributed by atoms with E-state index < -0.39 is 22.9 Å². The van der Waals surface area contributed by atoms with E-state index in [0.717, 1.165) is 3.97 Å². The molecule has 4 nitrogen and oxygen atoms in total. The number of hydrogen-bond acceptors (Lipinski definition) is 3. The lowest BCUT2D eigenvalue weighted by Crippen LogP contribution is -2.43. The highest BCUT2D eigenvalue weighted by Gasteiger charge is 2.26. The van der Waals surface area contributed by atoms with Gasteiger partial charge in [-0.2, -0.15) is 13.2 Å². The summed E-state index contributed by atoms with van der Waals surface area (Å²) in [4.78, 5) is 0. The molecule has 0 aliphatic rings. The van der Waals surface area contributed by atoms with Crippen LogP contribution in [0.1, 0.15) is 19.3 Å². The summed E-state index contributed by atoms with van der Waals surface area (Å²) in [5, 5.41) is 0. The molecule has 0 unspecified atom stereocenters. The molecule has 0 atom stereocenters. The second-order valence-corrected chi connectivity index (χ2v) is 5.07. The van der Waals surface area contributed by atoms with E-state index in [1.165, 1.54) is 24.5 Å². The van der Waals surface area contributed by atoms with Crippen LogP contribution in [0.2, 0.25) is 0 Å². The number of halogens is 3. The highest BCUT2D eigenvalue weighted by atomic mass is 32.2. The minimum Gasteiger partial charge on any atom is -0.218 e. The first-order valence-corrected chi connectivity index (χ1v) is 6.61. The van der Waals surface area contributed by atoms with Crippen molar-refractivity contribution in [3.8, 4) is 0 Å². The Morgan fingerprint density at radius 2 is 1.67 bits per heavy atom. The Kier molecular flexibility index (Phi) is 5.09. The van der Waals surface area contributed by atoms with Crippen LogP contribution in [0.5, 0.6) is 0 Å². The van der Waals surface area contributed by atoms with E-state index in [0.29, 0.717) is 0 Å². The minimum atomic E-state index is -4.22. The number of nitrogens with zero attached hydrogens (tertiary/aromatic N) is 1. The topological polar surface area (TPSA) is 47.3 Å². The molecule has 0 saturated carbocycles. The third-order valence-electron chi connectivity index (χ3n) is 2.03. The van der Waals surface area contributed by atoms with Crippen molar-refractivity contribution in [2.75, 3.05) is 6.61 Å². The Bertz CT molecular complexity index is 459. The van der Waals surface area contributed by atoms with Crippen LogP contribution in [0.25, 0.3) is 0 Å². The van der Waals surface area contributed by atoms with Crippen LogP contribution in [0.3, 0.4) is 0 Å². The van der Waals surface area contributed by atoms with Gasteiger partial charge in [0.05, 0.1) is 6.61 Å². The first-order chi connectivity index (χ1) is 8.31. The lowest BCUT2D eigenvalue weighted by molar-refractivity contribution is -0.520. The molecule has 1 aromatic rings. The number of rotatable bonds is 6. The van der Waals surface area contributed by atoms with Crippen LogP contribution in [0.4, 0.5) is 13.2 Å². The van der Waals surface area contributed by atoms with E-state index in [1.807, 2.05) is 0 Å². The lowest BCUT2D eigenvalue weighted by Gasteiger charge is -2.04. The average molecular weight is 284 g/mol. The third kappa shape index (κ3) is 5.46. The molecule has 102 valence electrons. The summed E-state index contributed by atoms with van der Waals surface area (Å²) >= 11 is 0. The Labute approximate surface area is 103 Å². The predicted octanol–water partition coefficient (Wildman–Crippen LogP) is 1.82. The molecule has 1 aromatic heterocycles. The molecule has 0 amide bonds. The second-order valence-electron chi connectivity index (χ2n) is 3.56. The normalized spacial score (nSPS) is 12.6. The van der Waals surface area contributed by atoms with E-state index >= 15 is 0 Å². The highest BCUT2D eigenvalue weighted by molar-refractivity contribution is 7.80. The fraction of sp³-hybridized carbons (Fsp3) is 0.500. The molecule has 0 saturated heterocycles. The zero-order chi connectivity index (χ0) is 13.6. The van der Waals surface area contributed by atoms with E-state index in [9.17, 15) is 21.6 Å². The van der Waals surface area contributed by atoms with Gasteiger partial charge < -0.3 is 0 Å². The van der Waals surface area contributed by atoms with Crippen LogP contribution in [-0.4, -0.2) is 21.2 Å². The molecule has 0 aliphatic carbocycles. The Balaban J connectivity index is 2.36. The van der Waals surface area contributed by atoms with Crippen molar-refractivity contribution in [1.29, 1.82) is 0 Å². The average Bonchev–Trinajstić information content (AvgIpc) is 2.28. The van der Waals surface area contributed by atoms with Crippen molar-refractivity contribution in [2.24, 2.45) is 0 Å². The lowest BCUT2D eigenvalue weighted by atomic mass is 10.2. The van der Waals surface area contributed by atoms with Crippen molar-refractivity contribution < 1.29 is 29.7 Å². The number of hydrogen-bond donors (Lipinski definition) is 0. The molecular weight excluding hydrogens is 271 g/mol. The molecule has 0 radical (unpaired) electrons. The molecule has 0 aliphatic heterocycles. The number of aromatic nitrogens is 1. The summed E-state index contributed by atoms with van der Waals surface area (Å²) in [5.74, 6) is 0. The summed E-state index contributed by atoms with van der Waals surface area (Å²) in [6.07, 6.45) is -2.71. The summed E-state index contributed by atoms with van der Waals surface area (Å²) in [6, 6.07) is 4.64. The first-order valence-electron chi connectivity index (χ1n) is 5.24. The molecule has 0 aromatic carbocycles. The fourth-order valence-corrected chi connectivity index (χ4v) is 2.07. The van der Waals surface area contributed by atoms with Crippen molar-refractivity contribution in [3.63, 3.8) is 0 Å². The van der Waals surface area contributed by atoms with Gasteiger partial charge in [-0.15, -0.1) is 8.42 Å². The van der Waals surface area contributed by atoms with Crippen molar-refractivity contribution in [2.45, 2.75) is 25.4 Å². The minimum absolute atomic E-state index is 0.0339. The first kappa shape index (κ1) is 14.9. The van der Waals surface area contributed by atoms with Crippen molar-refractivity contribution in [3.05, 3.63) is 30.6 Å². The quantitative estimate of drug-likeness (QED) is 0.591. The largest absolute Gasteiger partial charge is 0.513 e. The Morgan fingerprint density at radius 1 is 1.06 bits per heavy atom. The molecule has 1 rings (SSSR count). The highest BCUT2D eigenvalue weighted by Crippen LogP contribution is 2.22. The van der Waals surface area contributed by atoms with Crippen LogP contribution < -0.4 is 3.97 Å². The molecule has 1 heterocycles. The summed E-state index contributed by atoms with van der Waals surface area (Å²) < 4.78 is 63.9. The molecule has 0 N–H and O–H groups in total. The molecule has 0 bridgehead atoms. The van der Waals surface area contributed by atoms with Crippen LogP contribution in [-0.2, 0) is 14.5 Å². The van der Waals surface area contributed by atoms with E-state index in [2.05, 4.69) is 4.18 Å². The third-order valence-corrected chi connectivity index (χ3v) is 3.26. The SMILES string of the molecule is O=S(=O)(OCCCCC(F)(F)F)[n+]1ccccc1. The number of pyridine rings is 1. The Hall–Kier alpha value is -1.15. The molecular formula is C10H13F3NO3S+. The van der Waals surface area contributed by atoms with Gasteiger partial charge in [0.2, 0.25) is 0 Å². The molecule has 18 heavy (non-hydrogen) atoms. The number of alkyl halides is 3. The van der Waals surface area contributed by atoms with Gasteiger partial charge in [0.25, 0.3) is 0 Å². The van der Waals surface area contributed by atoms with Crippen molar-refractivity contribution in [1.82, 2.24) is 0 Å². The molecule has 0 fully saturated rings. The van der Waals surface area contributed by atoms with E-state index in [1.54, 1.807) is 6.07 Å². The zero-order valence-corrected chi connectivity index (χ0v) is 10.2. The Morgan fingerprint density at radius 3 is 2.22 bits per heavy atom. The molecule has 0 spiro atoms. The van der Waals surface area contributed by atoms with Crippen LogP contribution in [0.15, 0.2) is 30.6 Å². The smallest absolute Gasteiger partial charge is 0.218 e. The van der Waals surface area contributed by atoms with Gasteiger partial charge in [0.1, 0.15) is 0 Å². The van der Waals surface area contributed by atoms with Gasteiger partial charge in [-0.1, -0.05) is 10.0 Å². The van der Waals surface area contributed by atoms with Crippen LogP contribution in [0, 0.1) is 0 Å². The predicted molar refractivity (Wildman–Crippen MR) is 56.8 cm³/mol. The van der Waals surface area contributed by atoms with Crippen LogP contribution >= 0.6 is 0 Å². The van der Waals surface area contributed by atoms with E-state index in [-0.39, 0.29) is 19.4 Å². The van der Waals surface area contributed by atoms with Gasteiger partial charge in [-0.25, -0.2) is 4.18 Å². The number of unbranched alkanes of at least 4 members (excludes halogenated alkanes) is 1. The monoisotopic (exact) mass is 284 g/mol. The van der Waals surface area contributed by atoms with E-state index in [4.69, 9.17) is 0 Å². The van der Waals surface area contributed by atoms with Gasteiger partial charge in [0.15, 0.2) is 12.4 Å². The van der Waals surface area contributed by atoms with Gasteiger partial charge >= 0.3 is 16.5 Å². The maximum atomic E-state index is 11.8. The van der Waals surface area contributed by atoms with Gasteiger partial charge in [-0.3, -0.25) is 0 Å². The fourth-order valence-electron chi connectivity index (χ4n) is 1.18. The standard InChI is InChI=1S/C10H13F3NO3S/c11-10(12,13)6-2-5-9-17-18(15,16)14-7-3-1-4-8-14/h1,3-4,7-8H,2,5-6,9H2/q+1. The summed E-state index contributed by atoms with van der Waals surface area (Å²) in [5.41, 5.74) is 0. The summed E-state index contributed by atoms with van der Waals surface area (Å²) in [7, 11) is -3.94. The van der Waals surface area contributed by atoms with Gasteiger partial charge in [-0.05, 0) is 12.8 Å².